The number of nitrogens with zero attached hydrogens (tertiary/aromatic N) is 2. The number of thiazole rings is 1. The number of carbonyl (C=O) groups is 1. The molecule has 10 heteroatoms. The van der Waals surface area contributed by atoms with Gasteiger partial charge in [-0.1, -0.05) is 59.9 Å². The minimum absolute atomic E-state index is 0.229. The number of rotatable bonds is 11. The van der Waals surface area contributed by atoms with Crippen molar-refractivity contribution in [3.63, 3.8) is 0 Å². The number of benzene rings is 4. The van der Waals surface area contributed by atoms with Gasteiger partial charge in [-0.25, -0.2) is 9.79 Å². The molecule has 5 aromatic rings. The summed E-state index contributed by atoms with van der Waals surface area (Å²) in [6.07, 6.45) is 3.25. The normalized spacial score (nSPS) is 14.2. The van der Waals surface area contributed by atoms with Crippen LogP contribution in [0, 0.1) is 0 Å². The van der Waals surface area contributed by atoms with Crippen molar-refractivity contribution in [1.82, 2.24) is 4.57 Å². The molecule has 0 radical (unpaired) electrons. The van der Waals surface area contributed by atoms with E-state index >= 15 is 0 Å². The van der Waals surface area contributed by atoms with E-state index in [0.717, 1.165) is 16.5 Å². The highest BCUT2D eigenvalue weighted by Crippen LogP contribution is 2.35. The van der Waals surface area contributed by atoms with Gasteiger partial charge in [0.25, 0.3) is 5.56 Å². The van der Waals surface area contributed by atoms with E-state index in [1.165, 1.54) is 34.6 Å². The summed E-state index contributed by atoms with van der Waals surface area (Å²) in [7, 11) is 2.88. The maximum absolute atomic E-state index is 14.0. The summed E-state index contributed by atoms with van der Waals surface area (Å²) in [6, 6.07) is 24.6. The van der Waals surface area contributed by atoms with Crippen LogP contribution in [0.15, 0.2) is 100 Å². The van der Waals surface area contributed by atoms with Gasteiger partial charge in [-0.15, -0.1) is 0 Å². The molecule has 0 amide bonds. The summed E-state index contributed by atoms with van der Waals surface area (Å²) < 4.78 is 30.4. The molecular weight excluding hydrogens is 616 g/mol. The first-order chi connectivity index (χ1) is 22.9. The number of hydrogen-bond acceptors (Lipinski definition) is 9. The molecule has 0 spiro atoms. The van der Waals surface area contributed by atoms with Crippen LogP contribution < -0.4 is 33.8 Å². The number of ether oxygens (including phenoxy) is 5. The van der Waals surface area contributed by atoms with Crippen LogP contribution in [0.5, 0.6) is 23.0 Å². The quantitative estimate of drug-likeness (QED) is 0.173. The highest BCUT2D eigenvalue weighted by Gasteiger charge is 2.31. The predicted octanol–water partition coefficient (Wildman–Crippen LogP) is 5.56. The molecule has 6 rings (SSSR count). The second-order valence-corrected chi connectivity index (χ2v) is 11.6. The topological polar surface area (TPSA) is 97.6 Å². The third kappa shape index (κ3) is 6.50. The summed E-state index contributed by atoms with van der Waals surface area (Å²) in [6.45, 7) is 5.03. The fraction of sp³-hybridized carbons (Fsp3) is 0.216. The van der Waals surface area contributed by atoms with Crippen LogP contribution >= 0.6 is 11.3 Å². The van der Waals surface area contributed by atoms with Crippen molar-refractivity contribution >= 4 is 34.2 Å². The molecule has 0 saturated carbocycles. The van der Waals surface area contributed by atoms with E-state index < -0.39 is 12.0 Å². The largest absolute Gasteiger partial charge is 0.493 e. The zero-order valence-electron chi connectivity index (χ0n) is 26.5. The molecule has 1 atom stereocenters. The monoisotopic (exact) mass is 650 g/mol. The second-order valence-electron chi connectivity index (χ2n) is 10.6. The summed E-state index contributed by atoms with van der Waals surface area (Å²) in [5, 5.41) is 2.32. The molecule has 9 nitrogen and oxygen atoms in total. The van der Waals surface area contributed by atoms with E-state index in [1.807, 2.05) is 56.3 Å². The van der Waals surface area contributed by atoms with Gasteiger partial charge in [0.2, 0.25) is 0 Å². The van der Waals surface area contributed by atoms with E-state index in [0.29, 0.717) is 57.7 Å². The molecule has 2 heterocycles. The highest BCUT2D eigenvalue weighted by molar-refractivity contribution is 7.07. The van der Waals surface area contributed by atoms with Crippen LogP contribution in [0.2, 0.25) is 0 Å². The fourth-order valence-corrected chi connectivity index (χ4v) is 6.49. The molecule has 0 unspecified atom stereocenters. The van der Waals surface area contributed by atoms with Gasteiger partial charge in [-0.3, -0.25) is 9.36 Å². The Balaban J connectivity index is 1.34. The van der Waals surface area contributed by atoms with Crippen LogP contribution in [-0.4, -0.2) is 38.0 Å². The van der Waals surface area contributed by atoms with Crippen molar-refractivity contribution in [3.8, 4) is 23.0 Å². The minimum Gasteiger partial charge on any atom is -0.493 e. The Hall–Kier alpha value is -5.35. The lowest BCUT2D eigenvalue weighted by atomic mass is 9.97. The van der Waals surface area contributed by atoms with Gasteiger partial charge in [0.1, 0.15) is 6.61 Å². The molecule has 0 fully saturated rings. The van der Waals surface area contributed by atoms with Gasteiger partial charge < -0.3 is 23.7 Å². The third-order valence-electron chi connectivity index (χ3n) is 7.70. The van der Waals surface area contributed by atoms with Gasteiger partial charge >= 0.3 is 5.97 Å². The average molecular weight is 651 g/mol. The lowest BCUT2D eigenvalue weighted by Gasteiger charge is -2.23. The van der Waals surface area contributed by atoms with Crippen molar-refractivity contribution < 1.29 is 28.5 Å². The summed E-state index contributed by atoms with van der Waals surface area (Å²) >= 11 is 1.23. The molecule has 0 aliphatic carbocycles. The molecule has 1 aliphatic rings. The molecule has 1 aliphatic heterocycles. The predicted molar refractivity (Wildman–Crippen MR) is 181 cm³/mol. The third-order valence-corrected chi connectivity index (χ3v) is 8.70. The minimum atomic E-state index is -0.781. The zero-order valence-corrected chi connectivity index (χ0v) is 27.3. The molecule has 0 saturated heterocycles. The lowest BCUT2D eigenvalue weighted by Crippen LogP contribution is -2.39. The highest BCUT2D eigenvalue weighted by atomic mass is 32.1. The van der Waals surface area contributed by atoms with Crippen LogP contribution in [0.4, 0.5) is 0 Å². The van der Waals surface area contributed by atoms with Crippen molar-refractivity contribution in [1.29, 1.82) is 0 Å². The molecule has 47 heavy (non-hydrogen) atoms. The second kappa shape index (κ2) is 14.0. The Morgan fingerprint density at radius 3 is 2.36 bits per heavy atom. The molecule has 240 valence electrons. The Morgan fingerprint density at radius 2 is 1.60 bits per heavy atom. The van der Waals surface area contributed by atoms with E-state index in [-0.39, 0.29) is 11.1 Å². The van der Waals surface area contributed by atoms with E-state index in [1.54, 1.807) is 25.3 Å². The summed E-state index contributed by atoms with van der Waals surface area (Å²) in [5.41, 5.74) is 2.38. The van der Waals surface area contributed by atoms with Crippen LogP contribution in [0.1, 0.15) is 36.6 Å². The van der Waals surface area contributed by atoms with Crippen molar-refractivity contribution in [2.24, 2.45) is 4.99 Å². The molecule has 0 N–H and O–H groups in total. The number of aromatic nitrogens is 1. The van der Waals surface area contributed by atoms with Gasteiger partial charge in [-0.2, -0.15) is 0 Å². The first-order valence-corrected chi connectivity index (χ1v) is 16.0. The number of fused-ring (bicyclic) bond motifs is 2. The van der Waals surface area contributed by atoms with Gasteiger partial charge in [0, 0.05) is 6.20 Å². The van der Waals surface area contributed by atoms with Gasteiger partial charge in [0.15, 0.2) is 27.8 Å². The Kier molecular flexibility index (Phi) is 9.40. The van der Waals surface area contributed by atoms with Crippen molar-refractivity contribution in [3.05, 3.63) is 127 Å². The van der Waals surface area contributed by atoms with Crippen LogP contribution in [0.3, 0.4) is 0 Å². The van der Waals surface area contributed by atoms with Gasteiger partial charge in [-0.05, 0) is 77.7 Å². The van der Waals surface area contributed by atoms with Gasteiger partial charge in [0.05, 0.1) is 43.6 Å². The average Bonchev–Trinajstić information content (AvgIpc) is 3.42. The fourth-order valence-electron chi connectivity index (χ4n) is 5.52. The van der Waals surface area contributed by atoms with Crippen LogP contribution in [-0.2, 0) is 16.1 Å². The molecule has 4 aromatic carbocycles. The Labute approximate surface area is 275 Å². The maximum atomic E-state index is 14.0. The van der Waals surface area contributed by atoms with Crippen molar-refractivity contribution in [2.75, 3.05) is 27.4 Å². The molecule has 1 aromatic heterocycles. The summed E-state index contributed by atoms with van der Waals surface area (Å²) in [5.74, 6) is 1.64. The first-order valence-electron chi connectivity index (χ1n) is 15.2. The number of carbonyl (C=O) groups excluding carboxylic acids is 1. The Bertz CT molecular complexity index is 2170. The van der Waals surface area contributed by atoms with Crippen LogP contribution in [0.25, 0.3) is 16.8 Å². The first kappa shape index (κ1) is 31.6. The Morgan fingerprint density at radius 1 is 0.851 bits per heavy atom. The zero-order chi connectivity index (χ0) is 32.9. The SMILES string of the molecule is CCOc1ccc([C@H]2C(C(=O)OC)=CN=c3s/c(=C\c4ccc(OCc5ccc6ccccc6c5)c(OC)c4)c(=O)n32)cc1OCC. The van der Waals surface area contributed by atoms with Crippen molar-refractivity contribution in [2.45, 2.75) is 26.5 Å². The standard InChI is InChI=1S/C37H34N2O7S/c1-5-44-30-16-14-27(20-32(30)45-6-2)34-28(36(41)43-4)21-38-37-39(34)35(40)33(47-37)19-23-12-15-29(31(18-23)42-3)46-22-24-11-13-25-9-7-8-10-26(25)17-24/h7-21,34H,5-6,22H2,1-4H3/b33-19-/t34-/m0/s1. The lowest BCUT2D eigenvalue weighted by molar-refractivity contribution is -0.136. The summed E-state index contributed by atoms with van der Waals surface area (Å²) in [4.78, 5) is 31.8. The maximum Gasteiger partial charge on any atom is 0.337 e. The number of hydrogen-bond donors (Lipinski definition) is 0. The number of esters is 1. The van der Waals surface area contributed by atoms with E-state index in [9.17, 15) is 9.59 Å². The smallest absolute Gasteiger partial charge is 0.337 e. The van der Waals surface area contributed by atoms with E-state index in [4.69, 9.17) is 23.7 Å². The molecule has 0 bridgehead atoms. The number of methoxy groups -OCH3 is 2. The molecular formula is C37H34N2O7S. The van der Waals surface area contributed by atoms with E-state index in [2.05, 4.69) is 29.3 Å².